The SMILES string of the molecule is COC(=O)c1c(C)nc(NN)c2nnn(-c3ccccc3)c12. The van der Waals surface area contributed by atoms with Crippen molar-refractivity contribution in [3.05, 3.63) is 41.6 Å². The second kappa shape index (κ2) is 5.41. The molecule has 22 heavy (non-hydrogen) atoms. The van der Waals surface area contributed by atoms with E-state index in [0.717, 1.165) is 5.69 Å². The van der Waals surface area contributed by atoms with Crippen LogP contribution in [0.3, 0.4) is 0 Å². The molecule has 0 aliphatic heterocycles. The van der Waals surface area contributed by atoms with Gasteiger partial charge in [-0.25, -0.2) is 20.3 Å². The Hall–Kier alpha value is -3.00. The molecule has 0 amide bonds. The Labute approximate surface area is 125 Å². The molecule has 1 aromatic carbocycles. The van der Waals surface area contributed by atoms with Crippen LogP contribution >= 0.6 is 0 Å². The van der Waals surface area contributed by atoms with E-state index in [1.165, 1.54) is 7.11 Å². The lowest BCUT2D eigenvalue weighted by molar-refractivity contribution is 0.0601. The third kappa shape index (κ3) is 2.06. The number of carbonyl (C=O) groups is 1. The van der Waals surface area contributed by atoms with Crippen LogP contribution < -0.4 is 11.3 Å². The van der Waals surface area contributed by atoms with Gasteiger partial charge in [-0.15, -0.1) is 5.10 Å². The minimum absolute atomic E-state index is 0.311. The van der Waals surface area contributed by atoms with Crippen LogP contribution in [0, 0.1) is 6.92 Å². The van der Waals surface area contributed by atoms with Gasteiger partial charge in [-0.2, -0.15) is 0 Å². The quantitative estimate of drug-likeness (QED) is 0.425. The van der Waals surface area contributed by atoms with Crippen molar-refractivity contribution in [3.8, 4) is 5.69 Å². The van der Waals surface area contributed by atoms with Gasteiger partial charge in [0.25, 0.3) is 0 Å². The van der Waals surface area contributed by atoms with E-state index in [4.69, 9.17) is 10.6 Å². The summed E-state index contributed by atoms with van der Waals surface area (Å²) < 4.78 is 6.43. The summed E-state index contributed by atoms with van der Waals surface area (Å²) in [6.45, 7) is 1.70. The summed E-state index contributed by atoms with van der Waals surface area (Å²) >= 11 is 0. The van der Waals surface area contributed by atoms with Gasteiger partial charge in [0, 0.05) is 0 Å². The Bertz CT molecular complexity index is 843. The first-order chi connectivity index (χ1) is 10.7. The third-order valence-electron chi connectivity index (χ3n) is 3.30. The summed E-state index contributed by atoms with van der Waals surface area (Å²) in [5, 5.41) is 8.20. The Kier molecular flexibility index (Phi) is 3.43. The number of hydrogen-bond donors (Lipinski definition) is 2. The zero-order valence-corrected chi connectivity index (χ0v) is 12.1. The van der Waals surface area contributed by atoms with Crippen molar-refractivity contribution in [2.24, 2.45) is 5.84 Å². The molecule has 3 aromatic rings. The van der Waals surface area contributed by atoms with Gasteiger partial charge >= 0.3 is 5.97 Å². The number of carbonyl (C=O) groups excluding carboxylic acids is 1. The number of pyridine rings is 1. The molecule has 0 bridgehead atoms. The van der Waals surface area contributed by atoms with Gasteiger partial charge in [0.05, 0.1) is 18.5 Å². The molecular formula is C14H14N6O2. The van der Waals surface area contributed by atoms with Crippen molar-refractivity contribution < 1.29 is 9.53 Å². The minimum Gasteiger partial charge on any atom is -0.465 e. The number of ether oxygens (including phenoxy) is 1. The fourth-order valence-electron chi connectivity index (χ4n) is 2.31. The molecule has 0 atom stereocenters. The molecule has 0 unspecified atom stereocenters. The van der Waals surface area contributed by atoms with Crippen LogP contribution in [0.1, 0.15) is 16.1 Å². The number of hydrazine groups is 1. The molecule has 8 nitrogen and oxygen atoms in total. The largest absolute Gasteiger partial charge is 0.465 e. The van der Waals surface area contributed by atoms with Crippen LogP contribution in [0.4, 0.5) is 5.82 Å². The van der Waals surface area contributed by atoms with Gasteiger partial charge in [-0.3, -0.25) is 0 Å². The lowest BCUT2D eigenvalue weighted by Gasteiger charge is -2.10. The smallest absolute Gasteiger partial charge is 0.342 e. The predicted octanol–water partition coefficient (Wildman–Crippen LogP) is 1.20. The van der Waals surface area contributed by atoms with E-state index in [9.17, 15) is 4.79 Å². The van der Waals surface area contributed by atoms with Crippen LogP contribution in [0.2, 0.25) is 0 Å². The van der Waals surface area contributed by atoms with Crippen LogP contribution in [-0.2, 0) is 4.74 Å². The van der Waals surface area contributed by atoms with E-state index in [1.807, 2.05) is 30.3 Å². The van der Waals surface area contributed by atoms with Crippen molar-refractivity contribution in [3.63, 3.8) is 0 Å². The maximum Gasteiger partial charge on any atom is 0.342 e. The second-order valence-electron chi connectivity index (χ2n) is 4.59. The Balaban J connectivity index is 2.41. The van der Waals surface area contributed by atoms with Crippen LogP contribution in [-0.4, -0.2) is 33.1 Å². The molecule has 3 rings (SSSR count). The highest BCUT2D eigenvalue weighted by molar-refractivity contribution is 6.05. The summed E-state index contributed by atoms with van der Waals surface area (Å²) in [6, 6.07) is 9.36. The van der Waals surface area contributed by atoms with Crippen molar-refractivity contribution in [2.45, 2.75) is 6.92 Å². The maximum atomic E-state index is 12.1. The number of anilines is 1. The molecule has 8 heteroatoms. The van der Waals surface area contributed by atoms with Gasteiger partial charge in [0.15, 0.2) is 11.3 Å². The number of nitrogen functional groups attached to an aromatic ring is 1. The van der Waals surface area contributed by atoms with E-state index in [-0.39, 0.29) is 0 Å². The molecule has 0 fully saturated rings. The van der Waals surface area contributed by atoms with Crippen molar-refractivity contribution in [1.29, 1.82) is 0 Å². The Morgan fingerprint density at radius 1 is 1.32 bits per heavy atom. The van der Waals surface area contributed by atoms with Gasteiger partial charge in [-0.05, 0) is 19.1 Å². The molecule has 112 valence electrons. The number of esters is 1. The average molecular weight is 298 g/mol. The monoisotopic (exact) mass is 298 g/mol. The number of nitrogens with zero attached hydrogens (tertiary/aromatic N) is 4. The summed E-state index contributed by atoms with van der Waals surface area (Å²) in [5.41, 5.74) is 4.94. The number of methoxy groups -OCH3 is 1. The first-order valence-corrected chi connectivity index (χ1v) is 6.53. The van der Waals surface area contributed by atoms with Gasteiger partial charge < -0.3 is 10.2 Å². The molecule has 0 saturated carbocycles. The normalized spacial score (nSPS) is 10.7. The highest BCUT2D eigenvalue weighted by Crippen LogP contribution is 2.27. The fourth-order valence-corrected chi connectivity index (χ4v) is 2.31. The molecule has 2 heterocycles. The Morgan fingerprint density at radius 2 is 2.05 bits per heavy atom. The van der Waals surface area contributed by atoms with Crippen LogP contribution in [0.5, 0.6) is 0 Å². The van der Waals surface area contributed by atoms with Gasteiger partial charge in [0.1, 0.15) is 11.1 Å². The number of fused-ring (bicyclic) bond motifs is 1. The van der Waals surface area contributed by atoms with Crippen molar-refractivity contribution >= 4 is 22.8 Å². The number of nitrogens with one attached hydrogen (secondary N) is 1. The number of aryl methyl sites for hydroxylation is 1. The first kappa shape index (κ1) is 14.0. The standard InChI is InChI=1S/C14H14N6O2/c1-8-10(14(21)22-2)12-11(13(16-8)17-15)18-19-20(12)9-6-4-3-5-7-9/h3-7H,15H2,1-2H3,(H,16,17). The molecule has 0 aliphatic carbocycles. The maximum absolute atomic E-state index is 12.1. The molecule has 3 N–H and O–H groups in total. The summed E-state index contributed by atoms with van der Waals surface area (Å²) in [4.78, 5) is 16.4. The lowest BCUT2D eigenvalue weighted by atomic mass is 10.1. The first-order valence-electron chi connectivity index (χ1n) is 6.53. The van der Waals surface area contributed by atoms with Crippen LogP contribution in [0.25, 0.3) is 16.7 Å². The predicted molar refractivity (Wildman–Crippen MR) is 80.5 cm³/mol. The van der Waals surface area contributed by atoms with Gasteiger partial charge in [-0.1, -0.05) is 23.4 Å². The minimum atomic E-state index is -0.502. The number of aromatic nitrogens is 4. The molecule has 0 saturated heterocycles. The average Bonchev–Trinajstić information content (AvgIpc) is 2.99. The number of rotatable bonds is 3. The van der Waals surface area contributed by atoms with E-state index in [1.54, 1.807) is 11.6 Å². The van der Waals surface area contributed by atoms with Crippen molar-refractivity contribution in [2.75, 3.05) is 12.5 Å². The fraction of sp³-hybridized carbons (Fsp3) is 0.143. The Morgan fingerprint density at radius 3 is 2.68 bits per heavy atom. The summed E-state index contributed by atoms with van der Waals surface area (Å²) in [5.74, 6) is 5.33. The lowest BCUT2D eigenvalue weighted by Crippen LogP contribution is -2.14. The second-order valence-corrected chi connectivity index (χ2v) is 4.59. The van der Waals surface area contributed by atoms with Gasteiger partial charge in [0.2, 0.25) is 0 Å². The number of para-hydroxylation sites is 1. The van der Waals surface area contributed by atoms with E-state index >= 15 is 0 Å². The zero-order valence-electron chi connectivity index (χ0n) is 12.1. The van der Waals surface area contributed by atoms with Crippen LogP contribution in [0.15, 0.2) is 30.3 Å². The number of hydrogen-bond acceptors (Lipinski definition) is 7. The molecule has 0 aliphatic rings. The summed E-state index contributed by atoms with van der Waals surface area (Å²) in [6.07, 6.45) is 0. The number of nitrogens with two attached hydrogens (primary N) is 1. The highest BCUT2D eigenvalue weighted by Gasteiger charge is 2.23. The molecule has 0 radical (unpaired) electrons. The molecule has 2 aromatic heterocycles. The zero-order chi connectivity index (χ0) is 15.7. The van der Waals surface area contributed by atoms with E-state index < -0.39 is 5.97 Å². The molecule has 0 spiro atoms. The van der Waals surface area contributed by atoms with E-state index in [0.29, 0.717) is 28.1 Å². The van der Waals surface area contributed by atoms with E-state index in [2.05, 4.69) is 20.7 Å². The summed E-state index contributed by atoms with van der Waals surface area (Å²) in [7, 11) is 1.32. The molecular weight excluding hydrogens is 284 g/mol. The third-order valence-corrected chi connectivity index (χ3v) is 3.30. The number of benzene rings is 1. The van der Waals surface area contributed by atoms with Crippen molar-refractivity contribution in [1.82, 2.24) is 20.0 Å². The topological polar surface area (TPSA) is 108 Å². The highest BCUT2D eigenvalue weighted by atomic mass is 16.5.